The van der Waals surface area contributed by atoms with Crippen LogP contribution in [0.15, 0.2) is 16.6 Å². The van der Waals surface area contributed by atoms with E-state index in [0.717, 1.165) is 0 Å². The summed E-state index contributed by atoms with van der Waals surface area (Å²) < 4.78 is 37.9. The van der Waals surface area contributed by atoms with Gasteiger partial charge in [0.15, 0.2) is 0 Å². The van der Waals surface area contributed by atoms with Crippen molar-refractivity contribution in [3.8, 4) is 0 Å². The first-order valence-corrected chi connectivity index (χ1v) is 15.2. The Hall–Kier alpha value is 0.576. The van der Waals surface area contributed by atoms with Crippen LogP contribution >= 0.6 is 0 Å². The van der Waals surface area contributed by atoms with Gasteiger partial charge in [0.05, 0.1) is 0 Å². The third-order valence-corrected chi connectivity index (χ3v) is 8.60. The van der Waals surface area contributed by atoms with E-state index in [1.165, 1.54) is 11.5 Å². The van der Waals surface area contributed by atoms with Crippen molar-refractivity contribution in [3.63, 3.8) is 0 Å². The summed E-state index contributed by atoms with van der Waals surface area (Å²) in [5, 5.41) is -4.00. The molecule has 28 heavy (non-hydrogen) atoms. The van der Waals surface area contributed by atoms with Crippen molar-refractivity contribution in [2.24, 2.45) is 0 Å². The van der Waals surface area contributed by atoms with Gasteiger partial charge in [-0.1, -0.05) is 62.3 Å². The number of alkyl halides is 3. The second kappa shape index (κ2) is 13.8. The van der Waals surface area contributed by atoms with Gasteiger partial charge in [-0.2, -0.15) is 0 Å². The molecule has 0 aromatic carbocycles. The number of halogens is 3. The van der Waals surface area contributed by atoms with Gasteiger partial charge in [0.1, 0.15) is 0 Å². The van der Waals surface area contributed by atoms with Gasteiger partial charge in [-0.25, -0.2) is 0 Å². The number of hydrogen-bond donors (Lipinski definition) is 0. The molecule has 0 aliphatic heterocycles. The molecule has 164 valence electrons. The Labute approximate surface area is 193 Å². The molecule has 0 saturated carbocycles. The van der Waals surface area contributed by atoms with Crippen molar-refractivity contribution >= 4 is 13.3 Å². The maximum atomic E-state index is 12.5. The summed E-state index contributed by atoms with van der Waals surface area (Å²) in [5.41, 5.74) is 20.1. The van der Waals surface area contributed by atoms with Crippen LogP contribution in [0, 0.1) is 6.08 Å². The Balaban J connectivity index is -0.000000153. The van der Waals surface area contributed by atoms with Crippen LogP contribution in [0.4, 0.5) is 13.2 Å². The van der Waals surface area contributed by atoms with Crippen molar-refractivity contribution in [1.82, 2.24) is 0 Å². The van der Waals surface area contributed by atoms with Crippen molar-refractivity contribution in [2.75, 3.05) is 0 Å². The smallest absolute Gasteiger partial charge is 4.00 e. The third-order valence-electron chi connectivity index (χ3n) is 2.08. The molecule has 0 radical (unpaired) electrons. The number of allylic oxidation sites excluding steroid dienone is 4. The van der Waals surface area contributed by atoms with E-state index in [1.54, 1.807) is 12.2 Å². The van der Waals surface area contributed by atoms with Crippen LogP contribution in [-0.2, 0) is 26.2 Å². The van der Waals surface area contributed by atoms with Crippen LogP contribution in [0.3, 0.4) is 0 Å². The predicted octanol–water partition coefficient (Wildman–Crippen LogP) is 8.53. The van der Waals surface area contributed by atoms with Gasteiger partial charge in [-0.05, 0) is 0 Å². The summed E-state index contributed by atoms with van der Waals surface area (Å²) >= 11 is -3.77. The molecule has 3 nitrogen and oxygen atoms in total. The fraction of sp³-hybridized carbons (Fsp3) is 0.800. The van der Waals surface area contributed by atoms with E-state index in [0.29, 0.717) is 10.8 Å². The van der Waals surface area contributed by atoms with Gasteiger partial charge in [0.25, 0.3) is 0 Å². The van der Waals surface area contributed by atoms with Crippen LogP contribution in [0.25, 0.3) is 17.2 Å². The normalized spacial score (nSPS) is 14.2. The molecule has 0 amide bonds. The van der Waals surface area contributed by atoms with Crippen molar-refractivity contribution in [2.45, 2.75) is 102 Å². The Morgan fingerprint density at radius 2 is 1.04 bits per heavy atom. The molecule has 0 saturated heterocycles. The molecular formula is C20H40F3GeN3Zr. The van der Waals surface area contributed by atoms with Crippen LogP contribution < -0.4 is 0 Å². The molecule has 0 unspecified atom stereocenters. The molecule has 0 spiro atoms. The molecule has 8 heteroatoms. The van der Waals surface area contributed by atoms with E-state index in [1.807, 2.05) is 62.3 Å². The Morgan fingerprint density at radius 3 is 1.18 bits per heavy atom. The second-order valence-corrected chi connectivity index (χ2v) is 19.2. The minimum Gasteiger partial charge on any atom is 4.00 e. The first-order chi connectivity index (χ1) is 11.4. The standard InChI is InChI=1S/C8H10F3Ge.3C4H10N.Zr/c1-12(2,8(9,10)11)7-5-3-4-6-7;3*1-4(2,3)5;/h3,5H,4H2,1-2H3;3*5H,1-3H3;/q4*-1;+4. The van der Waals surface area contributed by atoms with E-state index < -0.39 is 18.3 Å². The first-order valence-electron chi connectivity index (χ1n) is 8.95. The summed E-state index contributed by atoms with van der Waals surface area (Å²) in [6.45, 7) is 16.7. The van der Waals surface area contributed by atoms with Gasteiger partial charge in [-0.15, -0.1) is 16.6 Å². The zero-order valence-corrected chi connectivity index (χ0v) is 24.1. The monoisotopic (exact) mass is 543 g/mol. The minimum absolute atomic E-state index is 0. The zero-order valence-electron chi connectivity index (χ0n) is 19.5. The van der Waals surface area contributed by atoms with E-state index in [4.69, 9.17) is 17.2 Å². The molecule has 0 bridgehead atoms. The number of rotatable bonds is 1. The van der Waals surface area contributed by atoms with Crippen LogP contribution in [0.1, 0.15) is 68.7 Å². The molecule has 0 fully saturated rings. The summed E-state index contributed by atoms with van der Waals surface area (Å²) in [5.74, 6) is 2.72. The van der Waals surface area contributed by atoms with Gasteiger partial charge in [0, 0.05) is 0 Å². The molecule has 0 atom stereocenters. The molecule has 1 aliphatic rings. The second-order valence-electron chi connectivity index (χ2n) is 10.1. The topological polar surface area (TPSA) is 71.4 Å². The average Bonchev–Trinajstić information content (AvgIpc) is 2.72. The summed E-state index contributed by atoms with van der Waals surface area (Å²) in [6, 6.07) is 0. The summed E-state index contributed by atoms with van der Waals surface area (Å²) in [7, 11) is 0. The van der Waals surface area contributed by atoms with E-state index in [-0.39, 0.29) is 42.8 Å². The Kier molecular flexibility index (Phi) is 17.7. The van der Waals surface area contributed by atoms with Gasteiger partial charge < -0.3 is 17.2 Å². The van der Waals surface area contributed by atoms with Crippen LogP contribution in [0.5, 0.6) is 0 Å². The van der Waals surface area contributed by atoms with Crippen LogP contribution in [0.2, 0.25) is 11.5 Å². The van der Waals surface area contributed by atoms with Gasteiger partial charge in [0.2, 0.25) is 0 Å². The molecule has 3 N–H and O–H groups in total. The SMILES string of the molecule is CC(C)(C)[NH-].CC(C)(C)[NH-].CC(C)(C)[NH-].[CH3][Ge]([CH3])([C]1=[C-]CC=C1)[C](F)(F)F.[Zr+4]. The molecule has 1 rings (SSSR count). The fourth-order valence-corrected chi connectivity index (χ4v) is 3.89. The molecular weight excluding hydrogens is 503 g/mol. The molecule has 0 heterocycles. The molecule has 0 aromatic heterocycles. The van der Waals surface area contributed by atoms with Crippen molar-refractivity contribution in [3.05, 3.63) is 39.8 Å². The Bertz CT molecular complexity index is 421. The van der Waals surface area contributed by atoms with E-state index in [9.17, 15) is 13.2 Å². The Morgan fingerprint density at radius 1 is 0.786 bits per heavy atom. The average molecular weight is 543 g/mol. The maximum Gasteiger partial charge on any atom is 4.00 e. The van der Waals surface area contributed by atoms with Gasteiger partial charge >= 0.3 is 98.2 Å². The van der Waals surface area contributed by atoms with Crippen LogP contribution in [-0.4, -0.2) is 34.9 Å². The predicted molar refractivity (Wildman–Crippen MR) is 116 cm³/mol. The quantitative estimate of drug-likeness (QED) is 0.235. The number of hydrogen-bond acceptors (Lipinski definition) is 0. The first kappa shape index (κ1) is 36.0. The van der Waals surface area contributed by atoms with E-state index in [2.05, 4.69) is 6.08 Å². The number of nitrogens with one attached hydrogen (secondary N) is 3. The summed E-state index contributed by atoms with van der Waals surface area (Å²) in [6.07, 6.45) is 6.62. The van der Waals surface area contributed by atoms with Crippen molar-refractivity contribution < 1.29 is 39.4 Å². The fourth-order valence-electron chi connectivity index (χ4n) is 0.987. The summed E-state index contributed by atoms with van der Waals surface area (Å²) in [4.78, 5) is 0. The zero-order chi connectivity index (χ0) is 22.9. The third kappa shape index (κ3) is 34.1. The largest absolute Gasteiger partial charge is 4.00 e. The van der Waals surface area contributed by atoms with Crippen molar-refractivity contribution in [1.29, 1.82) is 0 Å². The van der Waals surface area contributed by atoms with E-state index >= 15 is 0 Å². The minimum atomic E-state index is -4.00. The van der Waals surface area contributed by atoms with Gasteiger partial charge in [-0.3, -0.25) is 0 Å². The maximum absolute atomic E-state index is 12.5. The molecule has 1 aliphatic carbocycles. The molecule has 0 aromatic rings.